The molecule has 2 heterocycles. The third-order valence-electron chi connectivity index (χ3n) is 1.31. The van der Waals surface area contributed by atoms with E-state index in [1.807, 2.05) is 0 Å². The maximum absolute atomic E-state index is 10.5. The normalized spacial score (nSPS) is 27.8. The Morgan fingerprint density at radius 3 is 3.40 bits per heavy atom. The molecule has 0 saturated heterocycles. The molecule has 2 rings (SSSR count). The monoisotopic (exact) mass is 136 g/mol. The van der Waals surface area contributed by atoms with E-state index in [-0.39, 0.29) is 5.92 Å². The topological polar surface area (TPSA) is 51.0 Å². The average Bonchev–Trinajstić information content (AvgIpc) is 2.33. The Morgan fingerprint density at radius 2 is 2.50 bits per heavy atom. The van der Waals surface area contributed by atoms with Crippen LogP contribution < -0.4 is 0 Å². The van der Waals surface area contributed by atoms with Gasteiger partial charge < -0.3 is 4.74 Å². The van der Waals surface area contributed by atoms with Gasteiger partial charge in [-0.2, -0.15) is 4.99 Å². The highest BCUT2D eigenvalue weighted by molar-refractivity contribution is 6.08. The second kappa shape index (κ2) is 1.76. The van der Waals surface area contributed by atoms with Crippen molar-refractivity contribution in [2.24, 2.45) is 15.9 Å². The standard InChI is InChI=1S/C6H4N2O2/c9-6-7-3-4-1-2-10-5(4)8-6/h1-4H. The first-order valence-corrected chi connectivity index (χ1v) is 2.86. The average molecular weight is 136 g/mol. The molecule has 10 heavy (non-hydrogen) atoms. The first kappa shape index (κ1) is 5.34. The van der Waals surface area contributed by atoms with Gasteiger partial charge in [0.25, 0.3) is 0 Å². The number of aliphatic imine (C=N–C) groups is 2. The van der Waals surface area contributed by atoms with Crippen LogP contribution in [0, 0.1) is 5.92 Å². The van der Waals surface area contributed by atoms with E-state index in [2.05, 4.69) is 9.98 Å². The number of nitrogens with zero attached hydrogens (tertiary/aromatic N) is 2. The molecular formula is C6H4N2O2. The van der Waals surface area contributed by atoms with E-state index in [1.54, 1.807) is 6.08 Å². The van der Waals surface area contributed by atoms with Gasteiger partial charge in [0.2, 0.25) is 5.90 Å². The Morgan fingerprint density at radius 1 is 1.60 bits per heavy atom. The molecule has 0 aliphatic carbocycles. The van der Waals surface area contributed by atoms with Gasteiger partial charge in [0.15, 0.2) is 0 Å². The van der Waals surface area contributed by atoms with Gasteiger partial charge in [0, 0.05) is 6.21 Å². The van der Waals surface area contributed by atoms with Crippen molar-refractivity contribution in [2.75, 3.05) is 0 Å². The highest BCUT2D eigenvalue weighted by atomic mass is 16.5. The Kier molecular flexibility index (Phi) is 0.943. The lowest BCUT2D eigenvalue weighted by atomic mass is 10.2. The van der Waals surface area contributed by atoms with Gasteiger partial charge in [-0.1, -0.05) is 0 Å². The van der Waals surface area contributed by atoms with Crippen LogP contribution in [-0.4, -0.2) is 18.1 Å². The summed E-state index contributed by atoms with van der Waals surface area (Å²) in [5, 5.41) is 0. The molecule has 1 unspecified atom stereocenters. The van der Waals surface area contributed by atoms with Crippen molar-refractivity contribution < 1.29 is 9.53 Å². The zero-order chi connectivity index (χ0) is 6.97. The van der Waals surface area contributed by atoms with Crippen molar-refractivity contribution in [3.05, 3.63) is 12.3 Å². The van der Waals surface area contributed by atoms with E-state index >= 15 is 0 Å². The SMILES string of the molecule is O=C1N=CC2C=COC2=N1. The van der Waals surface area contributed by atoms with Crippen LogP contribution in [0.25, 0.3) is 0 Å². The number of hydrogen-bond donors (Lipinski definition) is 0. The molecule has 0 fully saturated rings. The molecule has 0 aromatic heterocycles. The summed E-state index contributed by atoms with van der Waals surface area (Å²) in [6.07, 6.45) is 4.82. The van der Waals surface area contributed by atoms with Crippen molar-refractivity contribution in [1.29, 1.82) is 0 Å². The van der Waals surface area contributed by atoms with E-state index in [0.717, 1.165) is 0 Å². The lowest BCUT2D eigenvalue weighted by Crippen LogP contribution is -2.16. The third kappa shape index (κ3) is 0.655. The van der Waals surface area contributed by atoms with Crippen molar-refractivity contribution in [3.8, 4) is 0 Å². The fourth-order valence-corrected chi connectivity index (χ4v) is 0.836. The lowest BCUT2D eigenvalue weighted by Gasteiger charge is -2.04. The first-order chi connectivity index (χ1) is 4.86. The van der Waals surface area contributed by atoms with Crippen molar-refractivity contribution in [3.63, 3.8) is 0 Å². The van der Waals surface area contributed by atoms with Crippen molar-refractivity contribution >= 4 is 18.1 Å². The molecule has 50 valence electrons. The second-order valence-corrected chi connectivity index (χ2v) is 1.98. The van der Waals surface area contributed by atoms with E-state index in [4.69, 9.17) is 4.74 Å². The Hall–Kier alpha value is -1.45. The van der Waals surface area contributed by atoms with Gasteiger partial charge in [-0.3, -0.25) is 0 Å². The van der Waals surface area contributed by atoms with E-state index in [9.17, 15) is 4.79 Å². The summed E-state index contributed by atoms with van der Waals surface area (Å²) in [6.45, 7) is 0. The van der Waals surface area contributed by atoms with Crippen molar-refractivity contribution in [2.45, 2.75) is 0 Å². The van der Waals surface area contributed by atoms with Gasteiger partial charge in [-0.25, -0.2) is 9.79 Å². The van der Waals surface area contributed by atoms with Gasteiger partial charge in [0.1, 0.15) is 0 Å². The van der Waals surface area contributed by atoms with E-state index in [0.29, 0.717) is 5.90 Å². The minimum atomic E-state index is -0.491. The highest BCUT2D eigenvalue weighted by Crippen LogP contribution is 2.13. The Balaban J connectivity index is 2.36. The number of rotatable bonds is 0. The highest BCUT2D eigenvalue weighted by Gasteiger charge is 2.22. The Bertz CT molecular complexity index is 265. The summed E-state index contributed by atoms with van der Waals surface area (Å²) in [4.78, 5) is 17.5. The number of urea groups is 1. The summed E-state index contributed by atoms with van der Waals surface area (Å²) in [7, 11) is 0. The molecule has 0 saturated carbocycles. The number of carbonyl (C=O) groups is 1. The van der Waals surface area contributed by atoms with Crippen LogP contribution in [0.15, 0.2) is 22.3 Å². The maximum atomic E-state index is 10.5. The van der Waals surface area contributed by atoms with Crippen LogP contribution in [-0.2, 0) is 4.74 Å². The largest absolute Gasteiger partial charge is 0.450 e. The van der Waals surface area contributed by atoms with Gasteiger partial charge in [-0.05, 0) is 6.08 Å². The predicted molar refractivity (Wildman–Crippen MR) is 35.0 cm³/mol. The van der Waals surface area contributed by atoms with Crippen molar-refractivity contribution in [1.82, 2.24) is 0 Å². The summed E-state index contributed by atoms with van der Waals surface area (Å²) in [5.74, 6) is 0.415. The lowest BCUT2D eigenvalue weighted by molar-refractivity contribution is 0.256. The van der Waals surface area contributed by atoms with Crippen LogP contribution in [0.5, 0.6) is 0 Å². The molecular weight excluding hydrogens is 132 g/mol. The number of amides is 2. The van der Waals surface area contributed by atoms with Gasteiger partial charge in [-0.15, -0.1) is 0 Å². The summed E-state index contributed by atoms with van der Waals surface area (Å²) >= 11 is 0. The molecule has 0 spiro atoms. The molecule has 2 aliphatic heterocycles. The summed E-state index contributed by atoms with van der Waals surface area (Å²) in [6, 6.07) is -0.491. The number of hydrogen-bond acceptors (Lipinski definition) is 2. The summed E-state index contributed by atoms with van der Waals surface area (Å²) < 4.78 is 4.88. The second-order valence-electron chi connectivity index (χ2n) is 1.98. The molecule has 4 heteroatoms. The number of fused-ring (bicyclic) bond motifs is 1. The van der Waals surface area contributed by atoms with Crippen LogP contribution >= 0.6 is 0 Å². The maximum Gasteiger partial charge on any atom is 0.369 e. The number of carbonyl (C=O) groups excluding carboxylic acids is 1. The van der Waals surface area contributed by atoms with Crippen LogP contribution in [0.2, 0.25) is 0 Å². The predicted octanol–water partition coefficient (Wildman–Crippen LogP) is 0.749. The quantitative estimate of drug-likeness (QED) is 0.493. The molecule has 0 bridgehead atoms. The molecule has 2 amide bonds. The molecule has 0 aromatic carbocycles. The fourth-order valence-electron chi connectivity index (χ4n) is 0.836. The molecule has 0 N–H and O–H groups in total. The minimum Gasteiger partial charge on any atom is -0.450 e. The smallest absolute Gasteiger partial charge is 0.369 e. The van der Waals surface area contributed by atoms with E-state index < -0.39 is 6.03 Å². The molecule has 4 nitrogen and oxygen atoms in total. The zero-order valence-electron chi connectivity index (χ0n) is 5.02. The fraction of sp³-hybridized carbons (Fsp3) is 0.167. The minimum absolute atomic E-state index is 0.0160. The number of ether oxygens (including phenoxy) is 1. The zero-order valence-corrected chi connectivity index (χ0v) is 5.02. The molecule has 2 aliphatic rings. The molecule has 0 aromatic rings. The Labute approximate surface area is 56.9 Å². The third-order valence-corrected chi connectivity index (χ3v) is 1.31. The van der Waals surface area contributed by atoms with Crippen LogP contribution in [0.4, 0.5) is 4.79 Å². The summed E-state index contributed by atoms with van der Waals surface area (Å²) in [5.41, 5.74) is 0. The van der Waals surface area contributed by atoms with Gasteiger partial charge >= 0.3 is 6.03 Å². The first-order valence-electron chi connectivity index (χ1n) is 2.86. The van der Waals surface area contributed by atoms with Crippen LogP contribution in [0.3, 0.4) is 0 Å². The molecule has 0 radical (unpaired) electrons. The van der Waals surface area contributed by atoms with Gasteiger partial charge in [0.05, 0.1) is 12.2 Å². The van der Waals surface area contributed by atoms with Crippen LogP contribution in [0.1, 0.15) is 0 Å². The molecule has 1 atom stereocenters. The van der Waals surface area contributed by atoms with E-state index in [1.165, 1.54) is 12.5 Å².